The molecule has 0 saturated carbocycles. The Hall–Kier alpha value is -2.73. The van der Waals surface area contributed by atoms with Gasteiger partial charge >= 0.3 is 6.03 Å². The molecule has 3 rings (SSSR count). The van der Waals surface area contributed by atoms with Crippen LogP contribution in [0.4, 0.5) is 14.9 Å². The fourth-order valence-electron chi connectivity index (χ4n) is 3.30. The minimum atomic E-state index is -0.390. The van der Waals surface area contributed by atoms with E-state index in [0.29, 0.717) is 37.2 Å². The zero-order valence-electron chi connectivity index (χ0n) is 17.2. The number of nitrogens with zero attached hydrogens (tertiary/aromatic N) is 2. The molecular formula is C23H28FN3O2. The summed E-state index contributed by atoms with van der Waals surface area (Å²) in [5.74, 6) is -0.390. The molecule has 0 unspecified atom stereocenters. The number of carbonyl (C=O) groups is 1. The number of rotatable bonds is 4. The summed E-state index contributed by atoms with van der Waals surface area (Å²) in [5.41, 5.74) is 3.83. The molecule has 0 fully saturated rings. The molecule has 1 aliphatic heterocycles. The first kappa shape index (κ1) is 21.0. The molecule has 154 valence electrons. The highest BCUT2D eigenvalue weighted by atomic mass is 19.1. The number of hydrogen-bond donors (Lipinski definition) is 2. The Balaban J connectivity index is 1.62. The molecular weight excluding hydrogens is 369 g/mol. The predicted molar refractivity (Wildman–Crippen MR) is 113 cm³/mol. The second-order valence-corrected chi connectivity index (χ2v) is 8.33. The highest BCUT2D eigenvalue weighted by Crippen LogP contribution is 2.25. The molecule has 29 heavy (non-hydrogen) atoms. The van der Waals surface area contributed by atoms with E-state index in [1.54, 1.807) is 11.1 Å². The van der Waals surface area contributed by atoms with E-state index in [4.69, 9.17) is 5.11 Å². The van der Waals surface area contributed by atoms with Crippen LogP contribution in [0, 0.1) is 5.82 Å². The molecule has 0 aliphatic carbocycles. The average Bonchev–Trinajstić information content (AvgIpc) is 2.68. The van der Waals surface area contributed by atoms with Crippen LogP contribution in [-0.4, -0.2) is 40.7 Å². The summed E-state index contributed by atoms with van der Waals surface area (Å²) in [5, 5.41) is 11.9. The SMILES string of the molecule is CC(C)(C)c1ccc(NC(=O)N2CC=C(c3ncc(CCO)cc3F)CC2)cc1. The van der Waals surface area contributed by atoms with Crippen molar-refractivity contribution in [1.82, 2.24) is 9.88 Å². The van der Waals surface area contributed by atoms with Crippen LogP contribution in [0.1, 0.15) is 44.0 Å². The zero-order chi connectivity index (χ0) is 21.0. The van der Waals surface area contributed by atoms with Gasteiger partial charge in [-0.05, 0) is 53.2 Å². The molecule has 5 nitrogen and oxygen atoms in total. The second kappa shape index (κ2) is 8.74. The Labute approximate surface area is 171 Å². The summed E-state index contributed by atoms with van der Waals surface area (Å²) in [6, 6.07) is 9.13. The predicted octanol–water partition coefficient (Wildman–Crippen LogP) is 4.37. The molecule has 2 heterocycles. The monoisotopic (exact) mass is 397 g/mol. The van der Waals surface area contributed by atoms with Crippen molar-refractivity contribution in [2.24, 2.45) is 0 Å². The molecule has 0 radical (unpaired) electrons. The molecule has 0 bridgehead atoms. The van der Waals surface area contributed by atoms with Crippen molar-refractivity contribution < 1.29 is 14.3 Å². The van der Waals surface area contributed by atoms with E-state index in [-0.39, 0.29) is 23.9 Å². The lowest BCUT2D eigenvalue weighted by molar-refractivity contribution is 0.217. The number of urea groups is 1. The van der Waals surface area contributed by atoms with E-state index >= 15 is 0 Å². The van der Waals surface area contributed by atoms with Gasteiger partial charge in [-0.1, -0.05) is 39.0 Å². The number of halogens is 1. The van der Waals surface area contributed by atoms with Gasteiger partial charge in [-0.15, -0.1) is 0 Å². The van der Waals surface area contributed by atoms with Crippen molar-refractivity contribution in [3.05, 3.63) is 65.2 Å². The van der Waals surface area contributed by atoms with Gasteiger partial charge in [0.1, 0.15) is 11.5 Å². The molecule has 1 aromatic carbocycles. The van der Waals surface area contributed by atoms with Gasteiger partial charge in [0, 0.05) is 31.6 Å². The number of carbonyl (C=O) groups excluding carboxylic acids is 1. The van der Waals surface area contributed by atoms with Gasteiger partial charge < -0.3 is 15.3 Å². The maximum Gasteiger partial charge on any atom is 0.322 e. The van der Waals surface area contributed by atoms with Crippen molar-refractivity contribution >= 4 is 17.3 Å². The smallest absolute Gasteiger partial charge is 0.322 e. The van der Waals surface area contributed by atoms with Crippen molar-refractivity contribution in [3.8, 4) is 0 Å². The van der Waals surface area contributed by atoms with Gasteiger partial charge in [0.25, 0.3) is 0 Å². The van der Waals surface area contributed by atoms with E-state index in [1.807, 2.05) is 30.3 Å². The largest absolute Gasteiger partial charge is 0.396 e. The number of nitrogens with one attached hydrogen (secondary N) is 1. The summed E-state index contributed by atoms with van der Waals surface area (Å²) >= 11 is 0. The molecule has 0 saturated heterocycles. The quantitative estimate of drug-likeness (QED) is 0.805. The number of hydrogen-bond acceptors (Lipinski definition) is 3. The van der Waals surface area contributed by atoms with Crippen LogP contribution >= 0.6 is 0 Å². The highest BCUT2D eigenvalue weighted by Gasteiger charge is 2.21. The molecule has 2 aromatic rings. The number of aliphatic hydroxyl groups is 1. The number of aliphatic hydroxyl groups excluding tert-OH is 1. The maximum atomic E-state index is 14.3. The van der Waals surface area contributed by atoms with Crippen molar-refractivity contribution in [3.63, 3.8) is 0 Å². The molecule has 2 N–H and O–H groups in total. The molecule has 0 atom stereocenters. The molecule has 1 aliphatic rings. The minimum absolute atomic E-state index is 0.0355. The average molecular weight is 397 g/mol. The number of anilines is 1. The fourth-order valence-corrected chi connectivity index (χ4v) is 3.30. The van der Waals surface area contributed by atoms with Crippen LogP contribution in [0.2, 0.25) is 0 Å². The minimum Gasteiger partial charge on any atom is -0.396 e. The Kier molecular flexibility index (Phi) is 6.33. The standard InChI is InChI=1S/C23H28FN3O2/c1-23(2,3)18-4-6-19(7-5-18)26-22(29)27-11-8-17(9-12-27)21-20(24)14-16(10-13-28)15-25-21/h4-8,14-15,28H,9-13H2,1-3H3,(H,26,29). The first-order valence-electron chi connectivity index (χ1n) is 9.89. The number of benzene rings is 1. The van der Waals surface area contributed by atoms with Crippen molar-refractivity contribution in [2.75, 3.05) is 25.0 Å². The third-order valence-corrected chi connectivity index (χ3v) is 5.10. The van der Waals surface area contributed by atoms with Crippen LogP contribution in [0.25, 0.3) is 5.57 Å². The fraction of sp³-hybridized carbons (Fsp3) is 0.391. The summed E-state index contributed by atoms with van der Waals surface area (Å²) in [7, 11) is 0. The topological polar surface area (TPSA) is 65.5 Å². The first-order chi connectivity index (χ1) is 13.8. The van der Waals surface area contributed by atoms with Crippen LogP contribution in [-0.2, 0) is 11.8 Å². The van der Waals surface area contributed by atoms with E-state index in [2.05, 4.69) is 31.1 Å². The molecule has 0 spiro atoms. The number of amides is 2. The van der Waals surface area contributed by atoms with Gasteiger partial charge in [-0.25, -0.2) is 9.18 Å². The van der Waals surface area contributed by atoms with Gasteiger partial charge in [0.05, 0.1) is 0 Å². The third-order valence-electron chi connectivity index (χ3n) is 5.10. The number of aromatic nitrogens is 1. The second-order valence-electron chi connectivity index (χ2n) is 8.33. The van der Waals surface area contributed by atoms with Crippen LogP contribution in [0.5, 0.6) is 0 Å². The van der Waals surface area contributed by atoms with Gasteiger partial charge in [0.2, 0.25) is 0 Å². The summed E-state index contributed by atoms with van der Waals surface area (Å²) < 4.78 is 14.3. The van der Waals surface area contributed by atoms with Crippen molar-refractivity contribution in [2.45, 2.75) is 39.0 Å². The molecule has 2 amide bonds. The third kappa shape index (κ3) is 5.21. The summed E-state index contributed by atoms with van der Waals surface area (Å²) in [4.78, 5) is 18.5. The van der Waals surface area contributed by atoms with E-state index in [9.17, 15) is 9.18 Å². The van der Waals surface area contributed by atoms with E-state index < -0.39 is 0 Å². The number of pyridine rings is 1. The van der Waals surface area contributed by atoms with Crippen LogP contribution in [0.15, 0.2) is 42.6 Å². The summed E-state index contributed by atoms with van der Waals surface area (Å²) in [6.45, 7) is 7.31. The Morgan fingerprint density at radius 1 is 1.28 bits per heavy atom. The Morgan fingerprint density at radius 3 is 2.55 bits per heavy atom. The van der Waals surface area contributed by atoms with Crippen LogP contribution < -0.4 is 5.32 Å². The zero-order valence-corrected chi connectivity index (χ0v) is 17.2. The molecule has 1 aromatic heterocycles. The Morgan fingerprint density at radius 2 is 2.00 bits per heavy atom. The normalized spacial score (nSPS) is 14.5. The lowest BCUT2D eigenvalue weighted by atomic mass is 9.87. The maximum absolute atomic E-state index is 14.3. The summed E-state index contributed by atoms with van der Waals surface area (Å²) in [6.07, 6.45) is 4.37. The van der Waals surface area contributed by atoms with E-state index in [0.717, 1.165) is 11.3 Å². The van der Waals surface area contributed by atoms with Gasteiger partial charge in [0.15, 0.2) is 0 Å². The lowest BCUT2D eigenvalue weighted by Crippen LogP contribution is -2.38. The van der Waals surface area contributed by atoms with Gasteiger partial charge in [-0.2, -0.15) is 0 Å². The van der Waals surface area contributed by atoms with Crippen molar-refractivity contribution in [1.29, 1.82) is 0 Å². The first-order valence-corrected chi connectivity index (χ1v) is 9.89. The van der Waals surface area contributed by atoms with Gasteiger partial charge in [-0.3, -0.25) is 4.98 Å². The molecule has 6 heteroatoms. The van der Waals surface area contributed by atoms with Crippen LogP contribution in [0.3, 0.4) is 0 Å². The highest BCUT2D eigenvalue weighted by molar-refractivity contribution is 5.90. The Bertz CT molecular complexity index is 901. The lowest BCUT2D eigenvalue weighted by Gasteiger charge is -2.27. The van der Waals surface area contributed by atoms with E-state index in [1.165, 1.54) is 11.6 Å².